The van der Waals surface area contributed by atoms with E-state index in [4.69, 9.17) is 0 Å². The van der Waals surface area contributed by atoms with E-state index in [0.29, 0.717) is 11.8 Å². The Morgan fingerprint density at radius 2 is 1.23 bits per heavy atom. The molecule has 0 heterocycles. The van der Waals surface area contributed by atoms with Crippen LogP contribution in [0.3, 0.4) is 0 Å². The first-order chi connectivity index (χ1) is 19.4. The molecule has 0 atom stereocenters. The lowest BCUT2D eigenvalue weighted by Gasteiger charge is -2.34. The molecule has 1 spiro atoms. The minimum absolute atomic E-state index is 0.228. The Morgan fingerprint density at radius 1 is 0.650 bits per heavy atom. The molecule has 0 unspecified atom stereocenters. The average Bonchev–Trinajstić information content (AvgIpc) is 3.29. The number of benzene rings is 3. The SMILES string of the molecule is CCCCC1=CCC2=C(C=C1)c1ccc(CCCC)cc1C21c2cc(C(C)C)ccc2-c2ccc(C(C)C)cc21. The van der Waals surface area contributed by atoms with E-state index in [1.807, 2.05) is 0 Å². The van der Waals surface area contributed by atoms with Crippen molar-refractivity contribution < 1.29 is 0 Å². The smallest absolute Gasteiger partial charge is 0.0691 e. The molecular weight excluding hydrogens is 480 g/mol. The summed E-state index contributed by atoms with van der Waals surface area (Å²) in [6, 6.07) is 22.2. The van der Waals surface area contributed by atoms with E-state index in [9.17, 15) is 0 Å². The minimum atomic E-state index is -0.228. The Kier molecular flexibility index (Phi) is 7.24. The van der Waals surface area contributed by atoms with Crippen molar-refractivity contribution in [1.29, 1.82) is 0 Å². The number of rotatable bonds is 8. The molecule has 0 aromatic heterocycles. The number of hydrogen-bond acceptors (Lipinski definition) is 0. The van der Waals surface area contributed by atoms with Gasteiger partial charge in [-0.15, -0.1) is 0 Å². The molecule has 0 fully saturated rings. The molecule has 0 radical (unpaired) electrons. The summed E-state index contributed by atoms with van der Waals surface area (Å²) < 4.78 is 0. The van der Waals surface area contributed by atoms with Crippen molar-refractivity contribution in [2.45, 2.75) is 104 Å². The maximum absolute atomic E-state index is 2.60. The van der Waals surface area contributed by atoms with Crippen molar-refractivity contribution in [2.75, 3.05) is 0 Å². The lowest BCUT2D eigenvalue weighted by atomic mass is 9.67. The first-order valence-corrected chi connectivity index (χ1v) is 15.9. The number of fused-ring (bicyclic) bond motifs is 9. The van der Waals surface area contributed by atoms with Gasteiger partial charge in [-0.25, -0.2) is 0 Å². The Morgan fingerprint density at radius 3 is 1.82 bits per heavy atom. The van der Waals surface area contributed by atoms with Gasteiger partial charge in [-0.2, -0.15) is 0 Å². The summed E-state index contributed by atoms with van der Waals surface area (Å²) in [5.74, 6) is 0.995. The fourth-order valence-corrected chi connectivity index (χ4v) is 7.40. The van der Waals surface area contributed by atoms with Gasteiger partial charge in [0.25, 0.3) is 0 Å². The molecule has 206 valence electrons. The third kappa shape index (κ3) is 4.18. The second kappa shape index (κ2) is 10.7. The van der Waals surface area contributed by atoms with Crippen LogP contribution in [0.25, 0.3) is 16.7 Å². The molecule has 3 aromatic carbocycles. The van der Waals surface area contributed by atoms with Crippen LogP contribution in [0.2, 0.25) is 0 Å². The summed E-state index contributed by atoms with van der Waals surface area (Å²) in [6.45, 7) is 13.9. The molecule has 40 heavy (non-hydrogen) atoms. The van der Waals surface area contributed by atoms with Crippen LogP contribution in [0.1, 0.15) is 131 Å². The van der Waals surface area contributed by atoms with Gasteiger partial charge >= 0.3 is 0 Å². The van der Waals surface area contributed by atoms with Crippen LogP contribution in [0.15, 0.2) is 84.0 Å². The van der Waals surface area contributed by atoms with E-state index in [1.165, 1.54) is 93.3 Å². The van der Waals surface area contributed by atoms with Crippen LogP contribution in [-0.2, 0) is 11.8 Å². The van der Waals surface area contributed by atoms with Gasteiger partial charge in [0.1, 0.15) is 0 Å². The largest absolute Gasteiger partial charge is 0.0772 e. The third-order valence-corrected chi connectivity index (χ3v) is 9.75. The summed E-state index contributed by atoms with van der Waals surface area (Å²) in [5.41, 5.74) is 17.5. The number of aryl methyl sites for hydroxylation is 1. The van der Waals surface area contributed by atoms with Gasteiger partial charge in [0.05, 0.1) is 5.41 Å². The molecule has 0 aliphatic heterocycles. The quantitative estimate of drug-likeness (QED) is 0.274. The van der Waals surface area contributed by atoms with Gasteiger partial charge in [-0.1, -0.05) is 133 Å². The van der Waals surface area contributed by atoms with Crippen LogP contribution in [0.4, 0.5) is 0 Å². The summed E-state index contributed by atoms with van der Waals surface area (Å²) in [4.78, 5) is 0. The van der Waals surface area contributed by atoms with E-state index in [-0.39, 0.29) is 5.41 Å². The van der Waals surface area contributed by atoms with Crippen LogP contribution in [0.5, 0.6) is 0 Å². The second-order valence-corrected chi connectivity index (χ2v) is 13.0. The lowest BCUT2D eigenvalue weighted by Crippen LogP contribution is -2.28. The van der Waals surface area contributed by atoms with Gasteiger partial charge in [0, 0.05) is 0 Å². The normalized spacial score (nSPS) is 16.4. The minimum Gasteiger partial charge on any atom is -0.0772 e. The van der Waals surface area contributed by atoms with Crippen LogP contribution < -0.4 is 0 Å². The van der Waals surface area contributed by atoms with Crippen molar-refractivity contribution in [3.05, 3.63) is 123 Å². The zero-order valence-electron chi connectivity index (χ0n) is 25.5. The molecule has 3 aliphatic carbocycles. The highest BCUT2D eigenvalue weighted by molar-refractivity contribution is 5.97. The molecule has 3 aliphatic rings. The molecule has 0 heteroatoms. The van der Waals surface area contributed by atoms with Crippen LogP contribution >= 0.6 is 0 Å². The first-order valence-electron chi connectivity index (χ1n) is 15.9. The summed E-state index contributed by atoms with van der Waals surface area (Å²) in [7, 11) is 0. The molecular formula is C40H46. The highest BCUT2D eigenvalue weighted by atomic mass is 14.5. The van der Waals surface area contributed by atoms with Crippen molar-refractivity contribution in [3.8, 4) is 11.1 Å². The number of unbranched alkanes of at least 4 members (excludes halogenated alkanes) is 2. The fraction of sp³-hybridized carbons (Fsp3) is 0.400. The highest BCUT2D eigenvalue weighted by Gasteiger charge is 2.52. The maximum atomic E-state index is 2.60. The summed E-state index contributed by atoms with van der Waals surface area (Å²) in [6.07, 6.45) is 15.7. The predicted molar refractivity (Wildman–Crippen MR) is 173 cm³/mol. The Hall–Kier alpha value is -3.12. The van der Waals surface area contributed by atoms with Gasteiger partial charge in [0.2, 0.25) is 0 Å². The standard InChI is InChI=1S/C40H46/c1-7-9-11-28-13-18-32-33-19-14-29(12-10-8-2)23-37(33)40(36(32)22-15-28)38-24-30(26(3)4)16-20-34(38)35-21-17-31(27(5)6)25-39(35)40/h13-21,23-27H,7-12,22H2,1-6H3. The second-order valence-electron chi connectivity index (χ2n) is 13.0. The molecule has 0 bridgehead atoms. The molecule has 6 rings (SSSR count). The van der Waals surface area contributed by atoms with Crippen molar-refractivity contribution >= 4 is 5.57 Å². The van der Waals surface area contributed by atoms with Crippen LogP contribution in [-0.4, -0.2) is 0 Å². The van der Waals surface area contributed by atoms with Gasteiger partial charge in [-0.05, 0) is 105 Å². The molecule has 3 aromatic rings. The van der Waals surface area contributed by atoms with Gasteiger partial charge in [0.15, 0.2) is 0 Å². The molecule has 0 N–H and O–H groups in total. The Labute approximate surface area is 242 Å². The van der Waals surface area contributed by atoms with Crippen molar-refractivity contribution in [1.82, 2.24) is 0 Å². The van der Waals surface area contributed by atoms with E-state index >= 15 is 0 Å². The number of allylic oxidation sites excluding steroid dienone is 6. The van der Waals surface area contributed by atoms with Crippen molar-refractivity contribution in [2.24, 2.45) is 0 Å². The van der Waals surface area contributed by atoms with E-state index in [0.717, 1.165) is 12.8 Å². The molecule has 0 saturated heterocycles. The van der Waals surface area contributed by atoms with Gasteiger partial charge in [-0.3, -0.25) is 0 Å². The average molecular weight is 527 g/mol. The topological polar surface area (TPSA) is 0 Å². The zero-order valence-corrected chi connectivity index (χ0v) is 25.5. The Balaban J connectivity index is 1.68. The molecule has 0 nitrogen and oxygen atoms in total. The predicted octanol–water partition coefficient (Wildman–Crippen LogP) is 11.4. The van der Waals surface area contributed by atoms with Crippen LogP contribution in [0, 0.1) is 0 Å². The van der Waals surface area contributed by atoms with E-state index in [1.54, 1.807) is 5.57 Å². The lowest BCUT2D eigenvalue weighted by molar-refractivity contribution is 0.730. The van der Waals surface area contributed by atoms with Crippen molar-refractivity contribution in [3.63, 3.8) is 0 Å². The molecule has 0 saturated carbocycles. The van der Waals surface area contributed by atoms with Gasteiger partial charge < -0.3 is 0 Å². The number of hydrogen-bond donors (Lipinski definition) is 0. The Bertz CT molecular complexity index is 1480. The van der Waals surface area contributed by atoms with E-state index in [2.05, 4.69) is 114 Å². The third-order valence-electron chi connectivity index (χ3n) is 9.75. The van der Waals surface area contributed by atoms with E-state index < -0.39 is 0 Å². The monoisotopic (exact) mass is 526 g/mol. The highest BCUT2D eigenvalue weighted by Crippen LogP contribution is 2.63. The fourth-order valence-electron chi connectivity index (χ4n) is 7.40. The molecule has 0 amide bonds. The first kappa shape index (κ1) is 27.1. The zero-order chi connectivity index (χ0) is 28.0. The summed E-state index contributed by atoms with van der Waals surface area (Å²) >= 11 is 0. The maximum Gasteiger partial charge on any atom is 0.0691 e. The summed E-state index contributed by atoms with van der Waals surface area (Å²) in [5, 5.41) is 0.